The highest BCUT2D eigenvalue weighted by atomic mass is 15.2. The van der Waals surface area contributed by atoms with Crippen LogP contribution < -0.4 is 26.2 Å². The highest BCUT2D eigenvalue weighted by Gasteiger charge is 2.50. The topological polar surface area (TPSA) is 16.3 Å². The highest BCUT2D eigenvalue weighted by Crippen LogP contribution is 2.57. The van der Waals surface area contributed by atoms with E-state index >= 15 is 0 Å². The Morgan fingerprint density at radius 3 is 0.806 bits per heavy atom. The van der Waals surface area contributed by atoms with Gasteiger partial charge in [-0.3, -0.25) is 0 Å². The van der Waals surface area contributed by atoms with E-state index < -0.39 is 143 Å². The van der Waals surface area contributed by atoms with Gasteiger partial charge in [0.15, 0.2) is 0 Å². The second-order valence-corrected chi connectivity index (χ2v) is 32.6. The lowest BCUT2D eigenvalue weighted by atomic mass is 9.31. The maximum Gasteiger partial charge on any atom is 0.252 e. The van der Waals surface area contributed by atoms with Crippen LogP contribution in [0.25, 0.3) is 99.5 Å². The Hall–Kier alpha value is -10.9. The van der Waals surface area contributed by atoms with Gasteiger partial charge in [0.1, 0.15) is 0 Å². The van der Waals surface area contributed by atoms with Crippen molar-refractivity contribution >= 4 is 101 Å². The second kappa shape index (κ2) is 23.9. The average molecular weight is 1360 g/mol. The normalized spacial score (nSPS) is 16.0. The van der Waals surface area contributed by atoms with Gasteiger partial charge in [-0.05, 0) is 178 Å². The Labute approximate surface area is 637 Å². The number of anilines is 6. The van der Waals surface area contributed by atoms with Crippen LogP contribution in [0.5, 0.6) is 0 Å². The van der Waals surface area contributed by atoms with Crippen LogP contribution in [-0.2, 0) is 27.1 Å². The summed E-state index contributed by atoms with van der Waals surface area (Å²) in [4.78, 5) is 4.23. The van der Waals surface area contributed by atoms with Gasteiger partial charge in [-0.1, -0.05) is 298 Å². The molecule has 0 N–H and O–H groups in total. The molecule has 2 aliphatic heterocycles. The van der Waals surface area contributed by atoms with E-state index in [0.717, 1.165) is 38.9 Å². The molecule has 15 aromatic rings. The molecule has 13 aromatic carbocycles. The van der Waals surface area contributed by atoms with Crippen molar-refractivity contribution in [1.29, 1.82) is 0 Å². The van der Waals surface area contributed by atoms with Crippen LogP contribution in [0, 0.1) is 0 Å². The SMILES string of the molecule is [2H]c1c2c(c(C(C)(C)C)c([2H])c1-n1c3c([2H])c([2H])c([2H])c([2H])c3c3c([2H])c([2H])c([2H])c([2H])c31)B1c3c(cc(C(C)(C)C)cc3N(c3c(-c4ccccc4)cc(C(C)(C)C)cc3-c3ccccc3)c3c([2H])c(-n4c5c([2H])c([2H])c([2H])c([2H])c5c5c([2H])c([2H])c([2H])c([2H])c54)c([2H])c(C(C)(C)C)c31)N2c1c(-c2ccccc2)cc(C(C)(C)C)cc1-c1ccccc1. The first-order valence-electron chi connectivity index (χ1n) is 45.4. The fourth-order valence-electron chi connectivity index (χ4n) is 15.5. The molecule has 4 heterocycles. The van der Waals surface area contributed by atoms with Gasteiger partial charge in [0, 0.05) is 77.9 Å². The fraction of sp³-hybridized carbons (Fsp3) is 0.204. The molecular formula is C98H91BN4. The molecule has 4 nitrogen and oxygen atoms in total. The van der Waals surface area contributed by atoms with Gasteiger partial charge in [-0.25, -0.2) is 0 Å². The molecule has 5 heteroatoms. The molecule has 0 radical (unpaired) electrons. The van der Waals surface area contributed by atoms with E-state index in [1.54, 1.807) is 0 Å². The van der Waals surface area contributed by atoms with Crippen LogP contribution in [0.4, 0.5) is 34.1 Å². The summed E-state index contributed by atoms with van der Waals surface area (Å²) >= 11 is 0. The zero-order valence-electron chi connectivity index (χ0n) is 80.9. The zero-order valence-corrected chi connectivity index (χ0v) is 60.9. The van der Waals surface area contributed by atoms with Crippen molar-refractivity contribution in [1.82, 2.24) is 9.13 Å². The molecule has 0 saturated heterocycles. The van der Waals surface area contributed by atoms with Gasteiger partial charge >= 0.3 is 0 Å². The summed E-state index contributed by atoms with van der Waals surface area (Å²) in [6, 6.07) is 40.7. The summed E-state index contributed by atoms with van der Waals surface area (Å²) in [6.45, 7) is 29.5. The quantitative estimate of drug-likeness (QED) is 0.141. The lowest BCUT2D eigenvalue weighted by Crippen LogP contribution is -2.64. The van der Waals surface area contributed by atoms with Crippen molar-refractivity contribution in [2.75, 3.05) is 9.80 Å². The van der Waals surface area contributed by atoms with E-state index in [-0.39, 0.29) is 89.6 Å². The molecule has 0 bridgehead atoms. The lowest BCUT2D eigenvalue weighted by Gasteiger charge is -2.49. The van der Waals surface area contributed by atoms with Gasteiger partial charge in [-0.2, -0.15) is 0 Å². The van der Waals surface area contributed by atoms with Crippen molar-refractivity contribution in [2.45, 2.75) is 131 Å². The van der Waals surface area contributed by atoms with E-state index in [9.17, 15) is 27.4 Å². The molecule has 0 saturated carbocycles. The maximum absolute atomic E-state index is 12.1. The van der Waals surface area contributed by atoms with E-state index in [4.69, 9.17) is 0 Å². The second-order valence-electron chi connectivity index (χ2n) is 32.6. The number of fused-ring (bicyclic) bond motifs is 10. The largest absolute Gasteiger partial charge is 0.310 e. The Morgan fingerprint density at radius 2 is 0.544 bits per heavy atom. The zero-order chi connectivity index (χ0) is 88.8. The summed E-state index contributed by atoms with van der Waals surface area (Å²) in [6.07, 6.45) is 0. The molecule has 103 heavy (non-hydrogen) atoms. The standard InChI is InChI=1S/C98H91BN4/c1-94(2,3)66-52-75(62-36-20-16-21-37-62)92(76(53-66)63-38-22-17-23-39-63)102-85-56-68(96(7,8)9)57-86-91(85)99(89-79(97(10,11)12)58-69(60-87(89)102)100-81-48-32-28-44-71(81)72-45-29-33-49-82(72)100)90-80(98(13,14)15)59-70(101-83-50-34-30-46-73(83)74-47-31-35-51-84(74)101)61-88(90)103(86)93-77(64-40-24-18-25-41-64)54-67(95(4,5)6)55-78(93)65-42-26-19-27-43-65/h16-61H,1-15H3/i28D,29D,30D,31D,32D,33D,34D,35D,44D,45D,46D,47D,48D,49D,50D,51D,58D,59D,60D,61D. The van der Waals surface area contributed by atoms with E-state index in [1.807, 2.05) is 163 Å². The Balaban J connectivity index is 1.22. The molecule has 2 aliphatic rings. The number of hydrogen-bond acceptors (Lipinski definition) is 2. The predicted molar refractivity (Wildman–Crippen MR) is 444 cm³/mol. The van der Waals surface area contributed by atoms with Crippen LogP contribution in [0.1, 0.15) is 159 Å². The van der Waals surface area contributed by atoms with Crippen LogP contribution in [-0.4, -0.2) is 15.8 Å². The van der Waals surface area contributed by atoms with Gasteiger partial charge in [0.05, 0.1) is 60.9 Å². The third kappa shape index (κ3) is 10.8. The fourth-order valence-corrected chi connectivity index (χ4v) is 15.5. The van der Waals surface area contributed by atoms with Gasteiger partial charge in [0.2, 0.25) is 0 Å². The summed E-state index contributed by atoms with van der Waals surface area (Å²) in [7, 11) is 0. The number of para-hydroxylation sites is 4. The van der Waals surface area contributed by atoms with E-state index in [1.165, 1.54) is 9.13 Å². The minimum absolute atomic E-state index is 0.121. The molecule has 0 fully saturated rings. The first kappa shape index (κ1) is 46.6. The molecular weight excluding hydrogens is 1240 g/mol. The number of nitrogens with zero attached hydrogens (tertiary/aromatic N) is 4. The highest BCUT2D eigenvalue weighted by molar-refractivity contribution is 7.01. The maximum atomic E-state index is 12.1. The number of rotatable bonds is 8. The van der Waals surface area contributed by atoms with Crippen LogP contribution in [0.15, 0.2) is 279 Å². The molecule has 0 atom stereocenters. The lowest BCUT2D eigenvalue weighted by molar-refractivity contribution is 0.589. The van der Waals surface area contributed by atoms with Gasteiger partial charge in [0.25, 0.3) is 6.71 Å². The van der Waals surface area contributed by atoms with Crippen molar-refractivity contribution in [2.24, 2.45) is 0 Å². The first-order valence-corrected chi connectivity index (χ1v) is 35.4. The van der Waals surface area contributed by atoms with Crippen molar-refractivity contribution in [3.05, 3.63) is 306 Å². The van der Waals surface area contributed by atoms with Gasteiger partial charge < -0.3 is 18.9 Å². The van der Waals surface area contributed by atoms with Crippen LogP contribution in [0.2, 0.25) is 0 Å². The summed E-state index contributed by atoms with van der Waals surface area (Å²) in [5.74, 6) is 0. The molecule has 0 amide bonds. The third-order valence-electron chi connectivity index (χ3n) is 20.6. The predicted octanol–water partition coefficient (Wildman–Crippen LogP) is 25.1. The third-order valence-corrected chi connectivity index (χ3v) is 20.6. The summed E-state index contributed by atoms with van der Waals surface area (Å²) in [5, 5.41) is -1.05. The van der Waals surface area contributed by atoms with Crippen molar-refractivity contribution < 1.29 is 27.4 Å². The van der Waals surface area contributed by atoms with E-state index in [0.29, 0.717) is 61.4 Å². The number of hydrogen-bond donors (Lipinski definition) is 0. The van der Waals surface area contributed by atoms with Crippen LogP contribution in [0.3, 0.4) is 0 Å². The Bertz CT molecular complexity index is 6440. The summed E-state index contributed by atoms with van der Waals surface area (Å²) in [5.41, 5.74) is 6.16. The summed E-state index contributed by atoms with van der Waals surface area (Å²) < 4.78 is 205. The minimum Gasteiger partial charge on any atom is -0.310 e. The molecule has 2 aromatic heterocycles. The van der Waals surface area contributed by atoms with Crippen LogP contribution >= 0.6 is 0 Å². The smallest absolute Gasteiger partial charge is 0.252 e. The molecule has 0 unspecified atom stereocenters. The first-order chi connectivity index (χ1) is 57.7. The van der Waals surface area contributed by atoms with Crippen molar-refractivity contribution in [3.63, 3.8) is 0 Å². The Kier molecular flexibility index (Phi) is 10.8. The average Bonchev–Trinajstić information content (AvgIpc) is 1.34. The molecule has 0 spiro atoms. The minimum atomic E-state index is -1.32. The van der Waals surface area contributed by atoms with Gasteiger partial charge in [-0.15, -0.1) is 0 Å². The van der Waals surface area contributed by atoms with Crippen molar-refractivity contribution in [3.8, 4) is 55.9 Å². The Morgan fingerprint density at radius 1 is 0.282 bits per heavy atom. The number of benzene rings is 13. The molecule has 17 rings (SSSR count). The monoisotopic (exact) mass is 1350 g/mol. The number of aromatic nitrogens is 2. The molecule has 0 aliphatic carbocycles. The van der Waals surface area contributed by atoms with E-state index in [2.05, 4.69) is 109 Å². The molecule has 506 valence electrons.